The molecule has 1 rings (SSSR count). The van der Waals surface area contributed by atoms with Crippen LogP contribution in [0.5, 0.6) is 0 Å². The van der Waals surface area contributed by atoms with Gasteiger partial charge in [0.15, 0.2) is 0 Å². The molecule has 0 aliphatic heterocycles. The Kier molecular flexibility index (Phi) is 4.20. The maximum absolute atomic E-state index is 6.28. The Morgan fingerprint density at radius 3 is 2.85 bits per heavy atom. The predicted molar refractivity (Wildman–Crippen MR) is 55.7 cm³/mol. The van der Waals surface area contributed by atoms with E-state index in [1.54, 1.807) is 0 Å². The minimum Gasteiger partial charge on any atom is -0.382 e. The van der Waals surface area contributed by atoms with Crippen molar-refractivity contribution in [2.75, 3.05) is 13.2 Å². The van der Waals surface area contributed by atoms with Crippen LogP contribution >= 0.6 is 0 Å². The zero-order chi connectivity index (χ0) is 9.73. The number of hydrogen-bond acceptors (Lipinski definition) is 2. The summed E-state index contributed by atoms with van der Waals surface area (Å²) >= 11 is 0. The summed E-state index contributed by atoms with van der Waals surface area (Å²) in [7, 11) is 0. The minimum atomic E-state index is 0.135. The smallest absolute Gasteiger partial charge is 0.0466 e. The van der Waals surface area contributed by atoms with Gasteiger partial charge in [-0.2, -0.15) is 0 Å². The van der Waals surface area contributed by atoms with Crippen molar-refractivity contribution in [1.82, 2.24) is 0 Å². The second-order valence-corrected chi connectivity index (χ2v) is 4.51. The van der Waals surface area contributed by atoms with Crippen molar-refractivity contribution in [2.45, 2.75) is 51.5 Å². The van der Waals surface area contributed by atoms with E-state index in [2.05, 4.69) is 6.92 Å². The Labute approximate surface area is 81.8 Å². The summed E-state index contributed by atoms with van der Waals surface area (Å²) in [4.78, 5) is 0. The second-order valence-electron chi connectivity index (χ2n) is 4.51. The fourth-order valence-electron chi connectivity index (χ4n) is 2.33. The molecule has 0 bridgehead atoms. The summed E-state index contributed by atoms with van der Waals surface area (Å²) in [6.07, 6.45) is 5.99. The largest absolute Gasteiger partial charge is 0.382 e. The quantitative estimate of drug-likeness (QED) is 0.667. The normalized spacial score (nSPS) is 33.9. The number of rotatable bonds is 5. The van der Waals surface area contributed by atoms with Crippen molar-refractivity contribution in [2.24, 2.45) is 11.7 Å². The van der Waals surface area contributed by atoms with E-state index < -0.39 is 0 Å². The molecule has 0 saturated heterocycles. The highest BCUT2D eigenvalue weighted by Crippen LogP contribution is 2.35. The van der Waals surface area contributed by atoms with Gasteiger partial charge in [0, 0.05) is 18.8 Å². The molecule has 2 N–H and O–H groups in total. The zero-order valence-corrected chi connectivity index (χ0v) is 9.01. The molecule has 1 aliphatic carbocycles. The van der Waals surface area contributed by atoms with Crippen LogP contribution in [0.3, 0.4) is 0 Å². The van der Waals surface area contributed by atoms with Gasteiger partial charge in [0.25, 0.3) is 0 Å². The first kappa shape index (κ1) is 11.0. The van der Waals surface area contributed by atoms with Crippen LogP contribution in [0, 0.1) is 5.92 Å². The van der Waals surface area contributed by atoms with Gasteiger partial charge in [-0.1, -0.05) is 6.92 Å². The molecule has 0 radical (unpaired) electrons. The molecular weight excluding hydrogens is 162 g/mol. The first-order chi connectivity index (χ1) is 6.16. The highest BCUT2D eigenvalue weighted by molar-refractivity contribution is 4.91. The molecule has 1 aliphatic rings. The third-order valence-corrected chi connectivity index (χ3v) is 3.06. The van der Waals surface area contributed by atoms with E-state index in [0.717, 1.165) is 32.0 Å². The average molecular weight is 185 g/mol. The van der Waals surface area contributed by atoms with E-state index in [-0.39, 0.29) is 5.54 Å². The van der Waals surface area contributed by atoms with Crippen LogP contribution in [-0.4, -0.2) is 18.8 Å². The summed E-state index contributed by atoms with van der Waals surface area (Å²) in [6, 6.07) is 0. The minimum absolute atomic E-state index is 0.135. The third-order valence-electron chi connectivity index (χ3n) is 3.06. The van der Waals surface area contributed by atoms with Crippen LogP contribution in [0.15, 0.2) is 0 Å². The molecule has 1 saturated carbocycles. The zero-order valence-electron chi connectivity index (χ0n) is 9.01. The topological polar surface area (TPSA) is 35.2 Å². The van der Waals surface area contributed by atoms with Crippen molar-refractivity contribution in [3.05, 3.63) is 0 Å². The number of nitrogens with two attached hydrogens (primary N) is 1. The van der Waals surface area contributed by atoms with Gasteiger partial charge < -0.3 is 10.5 Å². The molecule has 0 spiro atoms. The SMILES string of the molecule is CCOCCCC1(N)CCC(C)C1. The van der Waals surface area contributed by atoms with Crippen molar-refractivity contribution in [1.29, 1.82) is 0 Å². The van der Waals surface area contributed by atoms with Gasteiger partial charge in [0.05, 0.1) is 0 Å². The first-order valence-corrected chi connectivity index (χ1v) is 5.53. The van der Waals surface area contributed by atoms with E-state index in [0.29, 0.717) is 0 Å². The van der Waals surface area contributed by atoms with E-state index in [1.165, 1.54) is 19.3 Å². The standard InChI is InChI=1S/C11H23NO/c1-3-13-8-4-6-11(12)7-5-10(2)9-11/h10H,3-9,12H2,1-2H3. The average Bonchev–Trinajstić information content (AvgIpc) is 2.41. The molecule has 1 fully saturated rings. The molecule has 0 heterocycles. The molecule has 0 aromatic rings. The molecule has 0 aromatic carbocycles. The number of ether oxygens (including phenoxy) is 1. The first-order valence-electron chi connectivity index (χ1n) is 5.53. The van der Waals surface area contributed by atoms with Gasteiger partial charge in [-0.3, -0.25) is 0 Å². The van der Waals surface area contributed by atoms with E-state index in [9.17, 15) is 0 Å². The van der Waals surface area contributed by atoms with Crippen LogP contribution in [-0.2, 0) is 4.74 Å². The van der Waals surface area contributed by atoms with Crippen LogP contribution < -0.4 is 5.73 Å². The lowest BCUT2D eigenvalue weighted by atomic mass is 9.92. The molecule has 0 aromatic heterocycles. The Morgan fingerprint density at radius 1 is 1.54 bits per heavy atom. The predicted octanol–water partition coefficient (Wildman–Crippen LogP) is 2.32. The van der Waals surface area contributed by atoms with Gasteiger partial charge >= 0.3 is 0 Å². The Morgan fingerprint density at radius 2 is 2.31 bits per heavy atom. The molecule has 2 heteroatoms. The molecule has 2 nitrogen and oxygen atoms in total. The molecule has 0 amide bonds. The van der Waals surface area contributed by atoms with Crippen LogP contribution in [0.4, 0.5) is 0 Å². The van der Waals surface area contributed by atoms with Crippen molar-refractivity contribution >= 4 is 0 Å². The summed E-state index contributed by atoms with van der Waals surface area (Å²) in [5, 5.41) is 0. The Balaban J connectivity index is 2.12. The highest BCUT2D eigenvalue weighted by Gasteiger charge is 2.32. The van der Waals surface area contributed by atoms with E-state index >= 15 is 0 Å². The van der Waals surface area contributed by atoms with Gasteiger partial charge in [-0.05, 0) is 44.9 Å². The van der Waals surface area contributed by atoms with Gasteiger partial charge in [-0.15, -0.1) is 0 Å². The van der Waals surface area contributed by atoms with Crippen molar-refractivity contribution in [3.63, 3.8) is 0 Å². The van der Waals surface area contributed by atoms with Crippen LogP contribution in [0.2, 0.25) is 0 Å². The fourth-order valence-corrected chi connectivity index (χ4v) is 2.33. The Bertz CT molecular complexity index is 149. The van der Waals surface area contributed by atoms with Crippen LogP contribution in [0.25, 0.3) is 0 Å². The second kappa shape index (κ2) is 4.97. The maximum Gasteiger partial charge on any atom is 0.0466 e. The maximum atomic E-state index is 6.28. The summed E-state index contributed by atoms with van der Waals surface area (Å²) in [5.74, 6) is 0.831. The fraction of sp³-hybridized carbons (Fsp3) is 1.00. The van der Waals surface area contributed by atoms with E-state index in [1.807, 2.05) is 6.92 Å². The highest BCUT2D eigenvalue weighted by atomic mass is 16.5. The monoisotopic (exact) mass is 185 g/mol. The van der Waals surface area contributed by atoms with Crippen LogP contribution in [0.1, 0.15) is 46.0 Å². The lowest BCUT2D eigenvalue weighted by molar-refractivity contribution is 0.137. The van der Waals surface area contributed by atoms with Gasteiger partial charge in [0.2, 0.25) is 0 Å². The summed E-state index contributed by atoms with van der Waals surface area (Å²) in [6.45, 7) is 6.05. The lowest BCUT2D eigenvalue weighted by Gasteiger charge is -2.23. The Hall–Kier alpha value is -0.0800. The summed E-state index contributed by atoms with van der Waals surface area (Å²) in [5.41, 5.74) is 6.41. The van der Waals surface area contributed by atoms with E-state index in [4.69, 9.17) is 10.5 Å². The molecule has 2 unspecified atom stereocenters. The third kappa shape index (κ3) is 3.65. The van der Waals surface area contributed by atoms with Crippen molar-refractivity contribution < 1.29 is 4.74 Å². The molecule has 78 valence electrons. The van der Waals surface area contributed by atoms with Gasteiger partial charge in [-0.25, -0.2) is 0 Å². The molecule has 13 heavy (non-hydrogen) atoms. The van der Waals surface area contributed by atoms with Gasteiger partial charge in [0.1, 0.15) is 0 Å². The lowest BCUT2D eigenvalue weighted by Crippen LogP contribution is -2.36. The van der Waals surface area contributed by atoms with Crippen molar-refractivity contribution in [3.8, 4) is 0 Å². The molecular formula is C11H23NO. The molecule has 2 atom stereocenters. The summed E-state index contributed by atoms with van der Waals surface area (Å²) < 4.78 is 5.31. The number of hydrogen-bond donors (Lipinski definition) is 1.